The highest BCUT2D eigenvalue weighted by Crippen LogP contribution is 2.32. The van der Waals surface area contributed by atoms with E-state index in [4.69, 9.17) is 0 Å². The zero-order valence-electron chi connectivity index (χ0n) is 12.2. The molecule has 3 fully saturated rings. The summed E-state index contributed by atoms with van der Waals surface area (Å²) in [7, 11) is 0. The number of nitrogens with zero attached hydrogens (tertiary/aromatic N) is 2. The Balaban J connectivity index is 1.41. The van der Waals surface area contributed by atoms with E-state index in [0.717, 1.165) is 23.2 Å². The summed E-state index contributed by atoms with van der Waals surface area (Å²) in [5, 5.41) is 2.47. The lowest BCUT2D eigenvalue weighted by atomic mass is 10.1. The Morgan fingerprint density at radius 2 is 2.00 bits per heavy atom. The van der Waals surface area contributed by atoms with Crippen LogP contribution in [0.25, 0.3) is 0 Å². The van der Waals surface area contributed by atoms with Crippen molar-refractivity contribution in [3.05, 3.63) is 0 Å². The SMILES string of the molecule is O=C(NCCN1C(=O)CSC1=O)[C@H]1CC(=O)N(CC2CC2)C1. The molecule has 1 atom stereocenters. The standard InChI is InChI=1S/C14H19N3O4S/c18-11-5-10(7-16(11)6-9-1-2-9)13(20)15-3-4-17-12(19)8-22-14(17)21/h9-10H,1-8H2,(H,15,20)/t10-/m0/s1. The van der Waals surface area contributed by atoms with Gasteiger partial charge in [0.15, 0.2) is 0 Å². The maximum atomic E-state index is 12.1. The summed E-state index contributed by atoms with van der Waals surface area (Å²) in [6, 6.07) is 0. The van der Waals surface area contributed by atoms with Crippen LogP contribution < -0.4 is 5.32 Å². The van der Waals surface area contributed by atoms with E-state index in [2.05, 4.69) is 5.32 Å². The minimum atomic E-state index is -0.314. The average Bonchev–Trinajstić information content (AvgIpc) is 3.15. The molecule has 4 amide bonds. The van der Waals surface area contributed by atoms with Crippen molar-refractivity contribution in [1.29, 1.82) is 0 Å². The van der Waals surface area contributed by atoms with Crippen LogP contribution in [0.5, 0.6) is 0 Å². The number of carbonyl (C=O) groups excluding carboxylic acids is 4. The molecule has 2 heterocycles. The second-order valence-corrected chi connectivity index (χ2v) is 6.96. The van der Waals surface area contributed by atoms with Crippen LogP contribution in [0.1, 0.15) is 19.3 Å². The largest absolute Gasteiger partial charge is 0.354 e. The summed E-state index contributed by atoms with van der Waals surface area (Å²) in [4.78, 5) is 49.7. The monoisotopic (exact) mass is 325 g/mol. The van der Waals surface area contributed by atoms with E-state index < -0.39 is 0 Å². The van der Waals surface area contributed by atoms with Gasteiger partial charge in [0, 0.05) is 32.6 Å². The van der Waals surface area contributed by atoms with Gasteiger partial charge in [-0.05, 0) is 18.8 Å². The summed E-state index contributed by atoms with van der Waals surface area (Å²) in [5.41, 5.74) is 0. The number of hydrogen-bond acceptors (Lipinski definition) is 5. The Morgan fingerprint density at radius 1 is 1.23 bits per heavy atom. The lowest BCUT2D eigenvalue weighted by Crippen LogP contribution is -2.40. The normalized spacial score (nSPS) is 25.3. The quantitative estimate of drug-likeness (QED) is 0.746. The first-order valence-corrected chi connectivity index (χ1v) is 8.55. The highest BCUT2D eigenvalue weighted by Gasteiger charge is 2.37. The smallest absolute Gasteiger partial charge is 0.288 e. The molecule has 2 saturated heterocycles. The number of likely N-dealkylation sites (tertiary alicyclic amines) is 1. The maximum Gasteiger partial charge on any atom is 0.288 e. The summed E-state index contributed by atoms with van der Waals surface area (Å²) < 4.78 is 0. The summed E-state index contributed by atoms with van der Waals surface area (Å²) >= 11 is 0.983. The molecule has 1 aliphatic carbocycles. The molecule has 3 rings (SSSR count). The second kappa shape index (κ2) is 6.28. The molecule has 2 aliphatic heterocycles. The van der Waals surface area contributed by atoms with E-state index in [1.165, 1.54) is 12.8 Å². The molecule has 0 spiro atoms. The third-order valence-corrected chi connectivity index (χ3v) is 5.09. The molecule has 0 aromatic heterocycles. The van der Waals surface area contributed by atoms with Gasteiger partial charge in [-0.3, -0.25) is 24.1 Å². The van der Waals surface area contributed by atoms with Crippen LogP contribution in [0.2, 0.25) is 0 Å². The highest BCUT2D eigenvalue weighted by molar-refractivity contribution is 8.14. The van der Waals surface area contributed by atoms with Gasteiger partial charge in [-0.15, -0.1) is 0 Å². The predicted molar refractivity (Wildman–Crippen MR) is 80.0 cm³/mol. The molecule has 22 heavy (non-hydrogen) atoms. The summed E-state index contributed by atoms with van der Waals surface area (Å²) in [5.74, 6) is 0.156. The number of rotatable bonds is 6. The first-order chi connectivity index (χ1) is 10.5. The van der Waals surface area contributed by atoms with Gasteiger partial charge >= 0.3 is 0 Å². The van der Waals surface area contributed by atoms with Crippen molar-refractivity contribution < 1.29 is 19.2 Å². The molecule has 0 aromatic carbocycles. The van der Waals surface area contributed by atoms with Crippen LogP contribution in [0, 0.1) is 11.8 Å². The van der Waals surface area contributed by atoms with E-state index in [9.17, 15) is 19.2 Å². The Hall–Kier alpha value is -1.57. The second-order valence-electron chi connectivity index (χ2n) is 6.03. The van der Waals surface area contributed by atoms with Crippen molar-refractivity contribution in [2.45, 2.75) is 19.3 Å². The number of thioether (sulfide) groups is 1. The fraction of sp³-hybridized carbons (Fsp3) is 0.714. The molecule has 7 nitrogen and oxygen atoms in total. The summed E-state index contributed by atoms with van der Waals surface area (Å²) in [6.45, 7) is 1.70. The summed E-state index contributed by atoms with van der Waals surface area (Å²) in [6.07, 6.45) is 2.61. The first-order valence-electron chi connectivity index (χ1n) is 7.57. The number of amides is 4. The molecule has 120 valence electrons. The molecule has 8 heteroatoms. The zero-order valence-corrected chi connectivity index (χ0v) is 13.1. The van der Waals surface area contributed by atoms with Crippen molar-refractivity contribution in [2.24, 2.45) is 11.8 Å². The van der Waals surface area contributed by atoms with E-state index in [0.29, 0.717) is 12.5 Å². The molecule has 0 bridgehead atoms. The molecular weight excluding hydrogens is 306 g/mol. The van der Waals surface area contributed by atoms with Crippen molar-refractivity contribution in [2.75, 3.05) is 31.9 Å². The zero-order chi connectivity index (χ0) is 15.7. The molecule has 1 saturated carbocycles. The molecule has 0 aromatic rings. The minimum Gasteiger partial charge on any atom is -0.354 e. The Kier molecular flexibility index (Phi) is 4.37. The van der Waals surface area contributed by atoms with Crippen LogP contribution in [-0.2, 0) is 14.4 Å². The van der Waals surface area contributed by atoms with Gasteiger partial charge in [-0.25, -0.2) is 0 Å². The van der Waals surface area contributed by atoms with Gasteiger partial charge in [0.2, 0.25) is 17.7 Å². The molecule has 0 radical (unpaired) electrons. The topological polar surface area (TPSA) is 86.8 Å². The third kappa shape index (κ3) is 3.43. The Labute approximate surface area is 132 Å². The van der Waals surface area contributed by atoms with Crippen LogP contribution in [0.15, 0.2) is 0 Å². The van der Waals surface area contributed by atoms with Crippen molar-refractivity contribution in [3.8, 4) is 0 Å². The van der Waals surface area contributed by atoms with E-state index >= 15 is 0 Å². The number of hydrogen-bond donors (Lipinski definition) is 1. The van der Waals surface area contributed by atoms with Crippen LogP contribution in [-0.4, -0.2) is 64.7 Å². The first kappa shape index (κ1) is 15.3. The van der Waals surface area contributed by atoms with Crippen molar-refractivity contribution in [1.82, 2.24) is 15.1 Å². The number of imide groups is 1. The highest BCUT2D eigenvalue weighted by atomic mass is 32.2. The van der Waals surface area contributed by atoms with Crippen molar-refractivity contribution in [3.63, 3.8) is 0 Å². The third-order valence-electron chi connectivity index (χ3n) is 4.24. The van der Waals surface area contributed by atoms with Crippen molar-refractivity contribution >= 4 is 34.7 Å². The predicted octanol–water partition coefficient (Wildman–Crippen LogP) is 0.0565. The van der Waals surface area contributed by atoms with E-state index in [1.807, 2.05) is 0 Å². The average molecular weight is 325 g/mol. The van der Waals surface area contributed by atoms with Gasteiger partial charge in [0.1, 0.15) is 0 Å². The van der Waals surface area contributed by atoms with Gasteiger partial charge in [-0.2, -0.15) is 0 Å². The van der Waals surface area contributed by atoms with Crippen LogP contribution >= 0.6 is 11.8 Å². The van der Waals surface area contributed by atoms with Gasteiger partial charge in [-0.1, -0.05) is 11.8 Å². The van der Waals surface area contributed by atoms with Gasteiger partial charge in [0.05, 0.1) is 11.7 Å². The molecular formula is C14H19N3O4S. The maximum absolute atomic E-state index is 12.1. The molecule has 1 N–H and O–H groups in total. The Morgan fingerprint density at radius 3 is 2.64 bits per heavy atom. The van der Waals surface area contributed by atoms with Crippen LogP contribution in [0.4, 0.5) is 4.79 Å². The molecule has 3 aliphatic rings. The fourth-order valence-corrected chi connectivity index (χ4v) is 3.52. The fourth-order valence-electron chi connectivity index (χ4n) is 2.77. The van der Waals surface area contributed by atoms with E-state index in [1.54, 1.807) is 4.90 Å². The lowest BCUT2D eigenvalue weighted by Gasteiger charge is -2.17. The van der Waals surface area contributed by atoms with Gasteiger partial charge < -0.3 is 10.2 Å². The number of nitrogens with one attached hydrogen (secondary N) is 1. The van der Waals surface area contributed by atoms with Crippen LogP contribution in [0.3, 0.4) is 0 Å². The lowest BCUT2D eigenvalue weighted by molar-refractivity contribution is -0.129. The molecule has 0 unspecified atom stereocenters. The minimum absolute atomic E-state index is 0.0494. The Bertz CT molecular complexity index is 504. The van der Waals surface area contributed by atoms with Gasteiger partial charge in [0.25, 0.3) is 5.24 Å². The van der Waals surface area contributed by atoms with E-state index in [-0.39, 0.29) is 54.1 Å². The number of carbonyl (C=O) groups is 4.